The molecule has 0 fully saturated rings. The van der Waals surface area contributed by atoms with Gasteiger partial charge in [0, 0.05) is 13.1 Å². The van der Waals surface area contributed by atoms with Crippen LogP contribution in [-0.4, -0.2) is 26.2 Å². The minimum absolute atomic E-state index is 0. The zero-order valence-corrected chi connectivity index (χ0v) is 9.01. The Labute approximate surface area is 84.3 Å². The third-order valence-electron chi connectivity index (χ3n) is 1.93. The van der Waals surface area contributed by atoms with E-state index < -0.39 is 0 Å². The van der Waals surface area contributed by atoms with Crippen LogP contribution in [0.25, 0.3) is 0 Å². The van der Waals surface area contributed by atoms with E-state index in [1.165, 1.54) is 0 Å². The molecule has 76 valence electrons. The largest absolute Gasteiger partial charge is 0.307 e. The fraction of sp³-hybridized carbons (Fsp3) is 0.857. The van der Waals surface area contributed by atoms with Crippen LogP contribution in [0, 0.1) is 0 Å². The molecule has 6 heteroatoms. The molecule has 0 radical (unpaired) electrons. The van der Waals surface area contributed by atoms with Crippen LogP contribution in [0.15, 0.2) is 0 Å². The van der Waals surface area contributed by atoms with Gasteiger partial charge in [0.15, 0.2) is 5.82 Å². The molecule has 0 saturated heterocycles. The third-order valence-corrected chi connectivity index (χ3v) is 1.93. The van der Waals surface area contributed by atoms with Crippen molar-refractivity contribution in [2.75, 3.05) is 0 Å². The van der Waals surface area contributed by atoms with Crippen molar-refractivity contribution in [3.05, 3.63) is 5.82 Å². The van der Waals surface area contributed by atoms with Crippen LogP contribution in [0.4, 0.5) is 0 Å². The Hall–Kier alpha value is -0.680. The van der Waals surface area contributed by atoms with Crippen molar-refractivity contribution >= 4 is 12.4 Å². The quantitative estimate of drug-likeness (QED) is 0.779. The molecule has 5 nitrogen and oxygen atoms in total. The standard InChI is InChI=1S/C7H15N5.ClH/c1-4-6(2)8-5-7-9-10-11-12(7)3;/h6,8H,4-5H2,1-3H3;1H. The molecular formula is C7H16ClN5. The lowest BCUT2D eigenvalue weighted by Crippen LogP contribution is -2.26. The van der Waals surface area contributed by atoms with Gasteiger partial charge < -0.3 is 5.32 Å². The average Bonchev–Trinajstić information content (AvgIpc) is 2.47. The van der Waals surface area contributed by atoms with Gasteiger partial charge in [0.25, 0.3) is 0 Å². The van der Waals surface area contributed by atoms with Crippen molar-refractivity contribution in [1.82, 2.24) is 25.5 Å². The molecule has 13 heavy (non-hydrogen) atoms. The molecule has 1 N–H and O–H groups in total. The first-order chi connectivity index (χ1) is 5.74. The molecule has 1 aromatic rings. The first-order valence-corrected chi connectivity index (χ1v) is 4.18. The third kappa shape index (κ3) is 3.69. The lowest BCUT2D eigenvalue weighted by molar-refractivity contribution is 0.510. The summed E-state index contributed by atoms with van der Waals surface area (Å²) in [5.41, 5.74) is 0. The van der Waals surface area contributed by atoms with E-state index in [-0.39, 0.29) is 12.4 Å². The Bertz CT molecular complexity index is 237. The minimum Gasteiger partial charge on any atom is -0.307 e. The number of rotatable bonds is 4. The van der Waals surface area contributed by atoms with Crippen LogP contribution in [-0.2, 0) is 13.6 Å². The maximum atomic E-state index is 3.86. The van der Waals surface area contributed by atoms with Crippen molar-refractivity contribution in [1.29, 1.82) is 0 Å². The summed E-state index contributed by atoms with van der Waals surface area (Å²) in [6, 6.07) is 0.515. The fourth-order valence-electron chi connectivity index (χ4n) is 0.808. The Balaban J connectivity index is 0.00000144. The van der Waals surface area contributed by atoms with Crippen molar-refractivity contribution < 1.29 is 0 Å². The number of halogens is 1. The van der Waals surface area contributed by atoms with Gasteiger partial charge in [-0.05, 0) is 23.8 Å². The van der Waals surface area contributed by atoms with Crippen LogP contribution in [0.1, 0.15) is 26.1 Å². The molecule has 0 spiro atoms. The summed E-state index contributed by atoms with van der Waals surface area (Å²) in [6.07, 6.45) is 1.12. The van der Waals surface area contributed by atoms with E-state index in [2.05, 4.69) is 34.7 Å². The number of tetrazole rings is 1. The summed E-state index contributed by atoms with van der Waals surface area (Å²) in [4.78, 5) is 0. The van der Waals surface area contributed by atoms with Crippen LogP contribution >= 0.6 is 12.4 Å². The Morgan fingerprint density at radius 2 is 2.23 bits per heavy atom. The molecule has 1 rings (SSSR count). The van der Waals surface area contributed by atoms with E-state index in [0.29, 0.717) is 6.04 Å². The zero-order chi connectivity index (χ0) is 8.97. The van der Waals surface area contributed by atoms with Crippen LogP contribution in [0.2, 0.25) is 0 Å². The van der Waals surface area contributed by atoms with E-state index >= 15 is 0 Å². The van der Waals surface area contributed by atoms with Crippen molar-refractivity contribution in [2.45, 2.75) is 32.9 Å². The maximum Gasteiger partial charge on any atom is 0.164 e. The number of hydrogen-bond donors (Lipinski definition) is 1. The first-order valence-electron chi connectivity index (χ1n) is 4.18. The van der Waals surface area contributed by atoms with Gasteiger partial charge in [-0.3, -0.25) is 0 Å². The van der Waals surface area contributed by atoms with E-state index in [9.17, 15) is 0 Å². The highest BCUT2D eigenvalue weighted by molar-refractivity contribution is 5.85. The number of hydrogen-bond acceptors (Lipinski definition) is 4. The van der Waals surface area contributed by atoms with Gasteiger partial charge in [0.2, 0.25) is 0 Å². The van der Waals surface area contributed by atoms with Gasteiger partial charge in [0.1, 0.15) is 0 Å². The first kappa shape index (κ1) is 12.3. The Morgan fingerprint density at radius 3 is 2.69 bits per heavy atom. The predicted molar refractivity (Wildman–Crippen MR) is 52.6 cm³/mol. The topological polar surface area (TPSA) is 55.6 Å². The second-order valence-corrected chi connectivity index (χ2v) is 2.91. The van der Waals surface area contributed by atoms with E-state index in [1.807, 2.05) is 7.05 Å². The molecule has 0 aliphatic heterocycles. The van der Waals surface area contributed by atoms with Gasteiger partial charge in [-0.2, -0.15) is 0 Å². The van der Waals surface area contributed by atoms with Gasteiger partial charge in [-0.15, -0.1) is 17.5 Å². The molecule has 0 saturated carbocycles. The van der Waals surface area contributed by atoms with Gasteiger partial charge in [0.05, 0.1) is 6.54 Å². The predicted octanol–water partition coefficient (Wildman–Crippen LogP) is 0.520. The molecule has 1 aromatic heterocycles. The van der Waals surface area contributed by atoms with Gasteiger partial charge >= 0.3 is 0 Å². The lowest BCUT2D eigenvalue weighted by atomic mass is 10.2. The van der Waals surface area contributed by atoms with Crippen molar-refractivity contribution in [3.8, 4) is 0 Å². The zero-order valence-electron chi connectivity index (χ0n) is 8.19. The van der Waals surface area contributed by atoms with Crippen LogP contribution in [0.5, 0.6) is 0 Å². The number of aromatic nitrogens is 4. The molecule has 0 aliphatic carbocycles. The SMILES string of the molecule is CCC(C)NCc1nnnn1C.Cl. The maximum absolute atomic E-state index is 3.86. The second kappa shape index (κ2) is 5.88. The van der Waals surface area contributed by atoms with E-state index in [1.54, 1.807) is 4.68 Å². The smallest absolute Gasteiger partial charge is 0.164 e. The lowest BCUT2D eigenvalue weighted by Gasteiger charge is -2.09. The van der Waals surface area contributed by atoms with Crippen LogP contribution in [0.3, 0.4) is 0 Å². The summed E-state index contributed by atoms with van der Waals surface area (Å²) in [6.45, 7) is 5.02. The fourth-order valence-corrected chi connectivity index (χ4v) is 0.808. The van der Waals surface area contributed by atoms with Crippen molar-refractivity contribution in [2.24, 2.45) is 7.05 Å². The monoisotopic (exact) mass is 205 g/mol. The summed E-state index contributed by atoms with van der Waals surface area (Å²) in [5, 5.41) is 14.5. The Kier molecular flexibility index (Phi) is 5.57. The normalized spacial score (nSPS) is 12.2. The van der Waals surface area contributed by atoms with Crippen molar-refractivity contribution in [3.63, 3.8) is 0 Å². The molecular weight excluding hydrogens is 190 g/mol. The summed E-state index contributed by atoms with van der Waals surface area (Å²) in [7, 11) is 1.84. The van der Waals surface area contributed by atoms with E-state index in [4.69, 9.17) is 0 Å². The molecule has 1 unspecified atom stereocenters. The highest BCUT2D eigenvalue weighted by atomic mass is 35.5. The second-order valence-electron chi connectivity index (χ2n) is 2.91. The molecule has 0 aliphatic rings. The minimum atomic E-state index is 0. The number of nitrogens with zero attached hydrogens (tertiary/aromatic N) is 4. The number of nitrogens with one attached hydrogen (secondary N) is 1. The number of aryl methyl sites for hydroxylation is 1. The molecule has 0 amide bonds. The molecule has 1 atom stereocenters. The highest BCUT2D eigenvalue weighted by Crippen LogP contribution is 1.92. The summed E-state index contributed by atoms with van der Waals surface area (Å²) in [5.74, 6) is 0.871. The van der Waals surface area contributed by atoms with Gasteiger partial charge in [-0.1, -0.05) is 6.92 Å². The molecule has 0 bridgehead atoms. The molecule has 1 heterocycles. The summed E-state index contributed by atoms with van der Waals surface area (Å²) >= 11 is 0. The molecule has 0 aromatic carbocycles. The Morgan fingerprint density at radius 1 is 1.54 bits per heavy atom. The van der Waals surface area contributed by atoms with Crippen LogP contribution < -0.4 is 5.32 Å². The summed E-state index contributed by atoms with van der Waals surface area (Å²) < 4.78 is 1.68. The average molecular weight is 206 g/mol. The highest BCUT2D eigenvalue weighted by Gasteiger charge is 2.02. The van der Waals surface area contributed by atoms with Gasteiger partial charge in [-0.25, -0.2) is 4.68 Å². The van der Waals surface area contributed by atoms with E-state index in [0.717, 1.165) is 18.8 Å².